The van der Waals surface area contributed by atoms with Crippen LogP contribution in [0.25, 0.3) is 10.9 Å². The number of halogens is 3. The molecule has 3 aromatic rings. The average Bonchev–Trinajstić information content (AvgIpc) is 3.34. The van der Waals surface area contributed by atoms with Gasteiger partial charge in [0.2, 0.25) is 10.0 Å². The number of nitrogens with zero attached hydrogens (tertiary/aromatic N) is 2. The highest BCUT2D eigenvalue weighted by Crippen LogP contribution is 2.38. The second-order valence-corrected chi connectivity index (χ2v) is 13.4. The standard InChI is InChI=1S/C31H37F3N4O6S/c1-2-22-18-37-10-13-45(41,42)38(19-31(32,33)34)27-16-23(15-25(22)29(27)37)30(40)36-26(14-21-6-4-3-5-7-21)28(44-20-39)17-35-24-8-11-43-12-9-24/h3-7,15-16,18,20,24,26,28,35H,2,8-14,17,19H2,1H3,(H,36,40)/t26-,28+/m0/s1. The van der Waals surface area contributed by atoms with E-state index < -0.39 is 46.6 Å². The Morgan fingerprint density at radius 1 is 1.18 bits per heavy atom. The molecule has 0 saturated carbocycles. The predicted octanol–water partition coefficient (Wildman–Crippen LogP) is 3.57. The van der Waals surface area contributed by atoms with Gasteiger partial charge in [-0.15, -0.1) is 0 Å². The van der Waals surface area contributed by atoms with Crippen LogP contribution in [0, 0.1) is 0 Å². The summed E-state index contributed by atoms with van der Waals surface area (Å²) in [4.78, 5) is 25.5. The monoisotopic (exact) mass is 650 g/mol. The lowest BCUT2D eigenvalue weighted by molar-refractivity contribution is -0.134. The van der Waals surface area contributed by atoms with Gasteiger partial charge in [0, 0.05) is 49.5 Å². The Hall–Kier alpha value is -3.62. The van der Waals surface area contributed by atoms with Crippen molar-refractivity contribution in [3.63, 3.8) is 0 Å². The lowest BCUT2D eigenvalue weighted by Crippen LogP contribution is -2.51. The first-order valence-electron chi connectivity index (χ1n) is 15.0. The topological polar surface area (TPSA) is 119 Å². The number of amides is 1. The number of anilines is 1. The van der Waals surface area contributed by atoms with E-state index >= 15 is 0 Å². The summed E-state index contributed by atoms with van der Waals surface area (Å²) in [7, 11) is -4.36. The molecule has 2 atom stereocenters. The van der Waals surface area contributed by atoms with Crippen LogP contribution < -0.4 is 14.9 Å². The van der Waals surface area contributed by atoms with E-state index in [4.69, 9.17) is 9.47 Å². The van der Waals surface area contributed by atoms with Crippen LogP contribution in [0.5, 0.6) is 0 Å². The number of rotatable bonds is 12. The van der Waals surface area contributed by atoms with Gasteiger partial charge in [-0.1, -0.05) is 37.3 Å². The zero-order valence-corrected chi connectivity index (χ0v) is 25.7. The number of benzene rings is 2. The number of nitrogens with one attached hydrogen (secondary N) is 2. The van der Waals surface area contributed by atoms with Crippen LogP contribution in [0.1, 0.15) is 41.3 Å². The lowest BCUT2D eigenvalue weighted by Gasteiger charge is -2.30. The number of ether oxygens (including phenoxy) is 2. The van der Waals surface area contributed by atoms with Crippen LogP contribution in [0.2, 0.25) is 0 Å². The molecule has 1 fully saturated rings. The minimum Gasteiger partial charge on any atom is -0.461 e. The Balaban J connectivity index is 1.52. The molecule has 2 aliphatic rings. The minimum atomic E-state index is -4.81. The Bertz CT molecular complexity index is 1610. The maximum absolute atomic E-state index is 13.9. The summed E-state index contributed by atoms with van der Waals surface area (Å²) in [5.41, 5.74) is 1.76. The summed E-state index contributed by atoms with van der Waals surface area (Å²) >= 11 is 0. The van der Waals surface area contributed by atoms with Gasteiger partial charge in [-0.2, -0.15) is 13.2 Å². The first kappa shape index (κ1) is 32.8. The molecule has 0 spiro atoms. The Morgan fingerprint density at radius 2 is 1.91 bits per heavy atom. The van der Waals surface area contributed by atoms with Gasteiger partial charge in [0.1, 0.15) is 12.6 Å². The molecule has 1 aromatic heterocycles. The molecule has 14 heteroatoms. The van der Waals surface area contributed by atoms with Crippen molar-refractivity contribution in [2.45, 2.75) is 63.5 Å². The van der Waals surface area contributed by atoms with Gasteiger partial charge < -0.3 is 24.7 Å². The molecule has 0 bridgehead atoms. The Labute approximate surface area is 259 Å². The quantitative estimate of drug-likeness (QED) is 0.288. The first-order valence-corrected chi connectivity index (χ1v) is 16.6. The molecule has 10 nitrogen and oxygen atoms in total. The maximum atomic E-state index is 13.9. The molecule has 1 saturated heterocycles. The van der Waals surface area contributed by atoms with Crippen molar-refractivity contribution in [2.75, 3.05) is 36.4 Å². The highest BCUT2D eigenvalue weighted by molar-refractivity contribution is 7.92. The molecule has 244 valence electrons. The van der Waals surface area contributed by atoms with E-state index in [1.807, 2.05) is 37.3 Å². The second kappa shape index (κ2) is 13.8. The number of aryl methyl sites for hydroxylation is 2. The highest BCUT2D eigenvalue weighted by Gasteiger charge is 2.39. The molecule has 0 unspecified atom stereocenters. The fourth-order valence-corrected chi connectivity index (χ4v) is 7.45. The molecular weight excluding hydrogens is 613 g/mol. The van der Waals surface area contributed by atoms with Gasteiger partial charge >= 0.3 is 6.18 Å². The number of carbonyl (C=O) groups is 2. The van der Waals surface area contributed by atoms with Crippen molar-refractivity contribution >= 4 is 39.0 Å². The smallest absolute Gasteiger partial charge is 0.407 e. The Kier molecular flexibility index (Phi) is 10.0. The van der Waals surface area contributed by atoms with E-state index in [1.165, 1.54) is 6.07 Å². The van der Waals surface area contributed by atoms with Crippen molar-refractivity contribution < 1.29 is 40.7 Å². The lowest BCUT2D eigenvalue weighted by atomic mass is 9.99. The van der Waals surface area contributed by atoms with Gasteiger partial charge in [-0.05, 0) is 48.9 Å². The Morgan fingerprint density at radius 3 is 2.58 bits per heavy atom. The summed E-state index contributed by atoms with van der Waals surface area (Å²) in [5.74, 6) is -1.15. The van der Waals surface area contributed by atoms with Crippen molar-refractivity contribution in [1.82, 2.24) is 15.2 Å². The SMILES string of the molecule is CCc1cn2c3c(cc(C(=O)N[C@@H](Cc4ccccc4)[C@@H](CNC4CCOCC4)OC=O)cc13)N(CC(F)(F)F)S(=O)(=O)CC2. The number of hydrogen-bond acceptors (Lipinski definition) is 7. The van der Waals surface area contributed by atoms with Gasteiger partial charge in [-0.3, -0.25) is 13.9 Å². The van der Waals surface area contributed by atoms with Gasteiger partial charge in [0.15, 0.2) is 0 Å². The highest BCUT2D eigenvalue weighted by atomic mass is 32.2. The number of alkyl halides is 3. The fraction of sp³-hybridized carbons (Fsp3) is 0.484. The van der Waals surface area contributed by atoms with Crippen LogP contribution in [0.4, 0.5) is 18.9 Å². The van der Waals surface area contributed by atoms with Crippen LogP contribution in [0.3, 0.4) is 0 Å². The van der Waals surface area contributed by atoms with Gasteiger partial charge in [0.05, 0.1) is 23.0 Å². The van der Waals surface area contributed by atoms with Gasteiger partial charge in [-0.25, -0.2) is 8.42 Å². The summed E-state index contributed by atoms with van der Waals surface area (Å²) in [6, 6.07) is 11.5. The molecule has 2 aromatic carbocycles. The number of carbonyl (C=O) groups excluding carboxylic acids is 2. The molecule has 2 N–H and O–H groups in total. The van der Waals surface area contributed by atoms with E-state index in [2.05, 4.69) is 10.6 Å². The second-order valence-electron chi connectivity index (χ2n) is 11.4. The van der Waals surface area contributed by atoms with Crippen LogP contribution in [0.15, 0.2) is 48.7 Å². The largest absolute Gasteiger partial charge is 0.461 e. The van der Waals surface area contributed by atoms with E-state index in [9.17, 15) is 31.2 Å². The zero-order chi connectivity index (χ0) is 32.2. The van der Waals surface area contributed by atoms with E-state index in [1.54, 1.807) is 16.8 Å². The van der Waals surface area contributed by atoms with Crippen molar-refractivity contribution in [2.24, 2.45) is 0 Å². The summed E-state index contributed by atoms with van der Waals surface area (Å²) in [5, 5.41) is 6.85. The summed E-state index contributed by atoms with van der Waals surface area (Å²) in [6.45, 7) is 1.93. The third kappa shape index (κ3) is 7.79. The van der Waals surface area contributed by atoms with Crippen molar-refractivity contribution in [3.05, 3.63) is 65.4 Å². The molecule has 0 radical (unpaired) electrons. The molecule has 5 rings (SSSR count). The van der Waals surface area contributed by atoms with Crippen LogP contribution in [-0.2, 0) is 43.7 Å². The molecule has 1 amide bonds. The number of aromatic nitrogens is 1. The average molecular weight is 651 g/mol. The third-order valence-electron chi connectivity index (χ3n) is 8.32. The summed E-state index contributed by atoms with van der Waals surface area (Å²) in [6.07, 6.45) is -1.49. The van der Waals surface area contributed by atoms with E-state index in [0.29, 0.717) is 47.7 Å². The molecule has 2 aliphatic heterocycles. The molecule has 3 heterocycles. The normalized spacial score (nSPS) is 18.3. The predicted molar refractivity (Wildman–Crippen MR) is 163 cm³/mol. The van der Waals surface area contributed by atoms with Crippen LogP contribution in [-0.4, -0.2) is 81.8 Å². The van der Waals surface area contributed by atoms with E-state index in [-0.39, 0.29) is 30.4 Å². The maximum Gasteiger partial charge on any atom is 0.407 e. The van der Waals surface area contributed by atoms with Crippen LogP contribution >= 0.6 is 0 Å². The molecular formula is C31H37F3N4O6S. The minimum absolute atomic E-state index is 0.00507. The third-order valence-corrected chi connectivity index (χ3v) is 10.0. The fourth-order valence-electron chi connectivity index (χ4n) is 6.02. The summed E-state index contributed by atoms with van der Waals surface area (Å²) < 4.78 is 80.3. The van der Waals surface area contributed by atoms with Crippen molar-refractivity contribution in [3.8, 4) is 0 Å². The number of sulfonamides is 1. The molecule has 0 aliphatic carbocycles. The zero-order valence-electron chi connectivity index (χ0n) is 24.9. The first-order chi connectivity index (χ1) is 21.5. The van der Waals surface area contributed by atoms with Gasteiger partial charge in [0.25, 0.3) is 12.4 Å². The van der Waals surface area contributed by atoms with Crippen molar-refractivity contribution in [1.29, 1.82) is 0 Å². The number of hydrogen-bond donors (Lipinski definition) is 2. The van der Waals surface area contributed by atoms with E-state index in [0.717, 1.165) is 24.0 Å². The molecule has 45 heavy (non-hydrogen) atoms.